The van der Waals surface area contributed by atoms with Crippen LogP contribution >= 0.6 is 0 Å². The van der Waals surface area contributed by atoms with Crippen LogP contribution in [0, 0.1) is 0 Å². The standard InChI is InChI=1S/C67H59NO17/c69-48-13-41(14-49(70)24-48)35-79-56-19-44(20-57(30-56)80-36-42-15-50(71)25-51(72)16-42)38-82-60-31-59(78-12-6-5-11-68-67(77)84-40-66-64-9-3-1-7-46(64)23-47-8-2-4-10-65(47)66)32-61(33-60)83-39-45-21-58(81-37-43-17-52(73)26-53(74)18-43)34-62(22-45)85-63-28-54(75)27-55(76)29-63/h1-4,7-10,13-34,69-76H,5-6,11-12,35-40H2,(H,68,77). The van der Waals surface area contributed by atoms with Crippen LogP contribution in [0.2, 0.25) is 0 Å². The molecular weight excluding hydrogens is 1090 g/mol. The van der Waals surface area contributed by atoms with E-state index in [2.05, 4.69) is 11.4 Å². The van der Waals surface area contributed by atoms with Gasteiger partial charge in [0.25, 0.3) is 0 Å². The van der Waals surface area contributed by atoms with Gasteiger partial charge in [0.05, 0.1) is 6.61 Å². The SMILES string of the molecule is O=C(NCCCCOc1cc(OCc2cc(OCc3cc(O)cc(O)c3)cc(OCc3cc(O)cc(O)c3)c2)cc(OCc2cc(OCc3cc(O)cc(O)c3)cc(Oc3cc(O)cc(O)c3)c2)c1)OCc1c2ccccc2cc2ccccc12. The summed E-state index contributed by atoms with van der Waals surface area (Å²) >= 11 is 0. The molecule has 1 amide bonds. The Morgan fingerprint density at radius 3 is 1.08 bits per heavy atom. The van der Waals surface area contributed by atoms with Crippen LogP contribution in [0.25, 0.3) is 21.5 Å². The number of ether oxygens (including phenoxy) is 8. The zero-order valence-corrected chi connectivity index (χ0v) is 45.6. The summed E-state index contributed by atoms with van der Waals surface area (Å²) in [6.45, 7) is 0.483. The van der Waals surface area contributed by atoms with Crippen LogP contribution in [0.15, 0.2) is 182 Å². The van der Waals surface area contributed by atoms with Gasteiger partial charge in [0.1, 0.15) is 132 Å². The molecule has 0 spiro atoms. The molecule has 0 radical (unpaired) electrons. The normalized spacial score (nSPS) is 11.0. The minimum atomic E-state index is -0.542. The van der Waals surface area contributed by atoms with E-state index in [0.29, 0.717) is 81.7 Å². The second-order valence-corrected chi connectivity index (χ2v) is 19.9. The number of carbonyl (C=O) groups is 1. The molecule has 0 aliphatic rings. The molecule has 0 bridgehead atoms. The Bertz CT molecular complexity index is 3790. The number of carbonyl (C=O) groups excluding carboxylic acids is 1. The van der Waals surface area contributed by atoms with Crippen molar-refractivity contribution in [1.29, 1.82) is 0 Å². The van der Waals surface area contributed by atoms with E-state index in [1.807, 2.05) is 48.5 Å². The molecule has 18 heteroatoms. The summed E-state index contributed by atoms with van der Waals surface area (Å²) in [5.41, 5.74) is 3.56. The quantitative estimate of drug-likeness (QED) is 0.0190. The van der Waals surface area contributed by atoms with Gasteiger partial charge in [0, 0.05) is 78.8 Å². The van der Waals surface area contributed by atoms with Crippen LogP contribution in [-0.2, 0) is 44.4 Å². The first-order valence-corrected chi connectivity index (χ1v) is 26.9. The summed E-state index contributed by atoms with van der Waals surface area (Å²) in [4.78, 5) is 13.0. The first-order valence-electron chi connectivity index (χ1n) is 26.9. The smallest absolute Gasteiger partial charge is 0.407 e. The molecule has 10 aromatic rings. The van der Waals surface area contributed by atoms with Gasteiger partial charge in [-0.2, -0.15) is 0 Å². The monoisotopic (exact) mass is 1150 g/mol. The predicted molar refractivity (Wildman–Crippen MR) is 315 cm³/mol. The van der Waals surface area contributed by atoms with Crippen molar-refractivity contribution in [1.82, 2.24) is 5.32 Å². The number of alkyl carbamates (subject to hydrolysis) is 1. The largest absolute Gasteiger partial charge is 0.508 e. The molecule has 85 heavy (non-hydrogen) atoms. The van der Waals surface area contributed by atoms with Crippen molar-refractivity contribution in [3.8, 4) is 92.0 Å². The molecule has 18 nitrogen and oxygen atoms in total. The Balaban J connectivity index is 0.854. The topological polar surface area (TPSA) is 265 Å². The lowest BCUT2D eigenvalue weighted by Crippen LogP contribution is -2.25. The second-order valence-electron chi connectivity index (χ2n) is 19.9. The third-order valence-electron chi connectivity index (χ3n) is 13.1. The highest BCUT2D eigenvalue weighted by Gasteiger charge is 2.15. The molecule has 0 unspecified atom stereocenters. The van der Waals surface area contributed by atoms with Gasteiger partial charge in [0.2, 0.25) is 0 Å². The number of fused-ring (bicyclic) bond motifs is 2. The zero-order chi connectivity index (χ0) is 59.2. The molecule has 434 valence electrons. The summed E-state index contributed by atoms with van der Waals surface area (Å²) in [6.07, 6.45) is 0.565. The first-order chi connectivity index (χ1) is 41.2. The summed E-state index contributed by atoms with van der Waals surface area (Å²) in [7, 11) is 0. The number of unbranched alkanes of at least 4 members (excludes halogenated alkanes) is 1. The number of hydrogen-bond acceptors (Lipinski definition) is 17. The van der Waals surface area contributed by atoms with Crippen molar-refractivity contribution >= 4 is 27.6 Å². The third kappa shape index (κ3) is 16.4. The van der Waals surface area contributed by atoms with Gasteiger partial charge in [-0.15, -0.1) is 0 Å². The van der Waals surface area contributed by atoms with Crippen molar-refractivity contribution in [2.75, 3.05) is 13.2 Å². The van der Waals surface area contributed by atoms with Crippen LogP contribution in [0.4, 0.5) is 4.79 Å². The van der Waals surface area contributed by atoms with Crippen LogP contribution in [0.5, 0.6) is 92.0 Å². The lowest BCUT2D eigenvalue weighted by Gasteiger charge is -2.16. The van der Waals surface area contributed by atoms with Gasteiger partial charge in [-0.1, -0.05) is 48.5 Å². The van der Waals surface area contributed by atoms with Gasteiger partial charge < -0.3 is 84.1 Å². The molecule has 0 saturated carbocycles. The number of phenols is 8. The number of benzene rings is 10. The highest BCUT2D eigenvalue weighted by Crippen LogP contribution is 2.36. The van der Waals surface area contributed by atoms with Crippen molar-refractivity contribution in [2.45, 2.75) is 52.5 Å². The maximum absolute atomic E-state index is 13.0. The summed E-state index contributed by atoms with van der Waals surface area (Å²) in [5.74, 6) is 1.23. The van der Waals surface area contributed by atoms with E-state index < -0.39 is 6.09 Å². The van der Waals surface area contributed by atoms with Crippen molar-refractivity contribution in [3.63, 3.8) is 0 Å². The third-order valence-corrected chi connectivity index (χ3v) is 13.1. The molecule has 0 atom stereocenters. The van der Waals surface area contributed by atoms with Gasteiger partial charge >= 0.3 is 6.09 Å². The van der Waals surface area contributed by atoms with E-state index in [-0.39, 0.29) is 104 Å². The molecule has 0 fully saturated rings. The van der Waals surface area contributed by atoms with E-state index >= 15 is 0 Å². The Kier molecular flexibility index (Phi) is 18.0. The lowest BCUT2D eigenvalue weighted by molar-refractivity contribution is 0.140. The second kappa shape index (κ2) is 26.7. The lowest BCUT2D eigenvalue weighted by atomic mass is 9.97. The molecule has 0 aromatic heterocycles. The Morgan fingerprint density at radius 2 is 0.659 bits per heavy atom. The van der Waals surface area contributed by atoms with Gasteiger partial charge in [0.15, 0.2) is 0 Å². The summed E-state index contributed by atoms with van der Waals surface area (Å²) < 4.78 is 49.3. The highest BCUT2D eigenvalue weighted by molar-refractivity contribution is 6.02. The summed E-state index contributed by atoms with van der Waals surface area (Å²) in [6, 6.07) is 49.5. The molecular formula is C67H59NO17. The number of amides is 1. The van der Waals surface area contributed by atoms with Gasteiger partial charge in [-0.05, 0) is 129 Å². The maximum atomic E-state index is 13.0. The number of aromatic hydroxyl groups is 8. The predicted octanol–water partition coefficient (Wildman–Crippen LogP) is 13.4. The Hall–Kier alpha value is -11.0. The van der Waals surface area contributed by atoms with Crippen molar-refractivity contribution < 1.29 is 83.5 Å². The fourth-order valence-corrected chi connectivity index (χ4v) is 9.41. The maximum Gasteiger partial charge on any atom is 0.407 e. The van der Waals surface area contributed by atoms with E-state index in [1.54, 1.807) is 54.6 Å². The molecule has 10 aromatic carbocycles. The molecule has 0 aliphatic carbocycles. The zero-order valence-electron chi connectivity index (χ0n) is 45.6. The molecule has 0 heterocycles. The number of rotatable bonds is 25. The molecule has 10 rings (SSSR count). The Morgan fingerprint density at radius 1 is 0.329 bits per heavy atom. The molecule has 0 aliphatic heterocycles. The minimum absolute atomic E-state index is 0.0277. The van der Waals surface area contributed by atoms with Crippen molar-refractivity contribution in [2.24, 2.45) is 0 Å². The van der Waals surface area contributed by atoms with E-state index in [9.17, 15) is 45.6 Å². The van der Waals surface area contributed by atoms with Gasteiger partial charge in [-0.25, -0.2) is 4.79 Å². The fourth-order valence-electron chi connectivity index (χ4n) is 9.41. The molecule has 9 N–H and O–H groups in total. The van der Waals surface area contributed by atoms with Crippen LogP contribution in [-0.4, -0.2) is 60.1 Å². The van der Waals surface area contributed by atoms with Crippen LogP contribution < -0.4 is 38.5 Å². The Labute approximate surface area is 487 Å². The fraction of sp³-hybridized carbons (Fsp3) is 0.149. The minimum Gasteiger partial charge on any atom is -0.508 e. The average Bonchev–Trinajstić information content (AvgIpc) is 2.29. The van der Waals surface area contributed by atoms with Crippen LogP contribution in [0.3, 0.4) is 0 Å². The van der Waals surface area contributed by atoms with E-state index in [1.165, 1.54) is 72.8 Å². The number of phenolic OH excluding ortho intramolecular Hbond substituents is 8. The summed E-state index contributed by atoms with van der Waals surface area (Å²) in [5, 5.41) is 87.9. The van der Waals surface area contributed by atoms with Crippen LogP contribution in [0.1, 0.15) is 46.2 Å². The highest BCUT2D eigenvalue weighted by atomic mass is 16.5. The van der Waals surface area contributed by atoms with Crippen molar-refractivity contribution in [3.05, 3.63) is 215 Å². The molecule has 0 saturated heterocycles. The van der Waals surface area contributed by atoms with E-state index in [4.69, 9.17) is 37.9 Å². The number of nitrogens with one attached hydrogen (secondary N) is 1. The van der Waals surface area contributed by atoms with E-state index in [0.717, 1.165) is 27.1 Å². The average molecular weight is 1150 g/mol. The first kappa shape index (κ1) is 57.2. The van der Waals surface area contributed by atoms with Gasteiger partial charge in [-0.3, -0.25) is 0 Å². The number of hydrogen-bond donors (Lipinski definition) is 9.